The van der Waals surface area contributed by atoms with Crippen LogP contribution >= 0.6 is 0 Å². The van der Waals surface area contributed by atoms with Crippen molar-refractivity contribution in [1.82, 2.24) is 0 Å². The fourth-order valence-corrected chi connectivity index (χ4v) is 3.60. The highest BCUT2D eigenvalue weighted by Gasteiger charge is 2.36. The monoisotopic (exact) mass is 583 g/mol. The molecule has 0 bridgehead atoms. The van der Waals surface area contributed by atoms with Gasteiger partial charge in [0.05, 0.1) is 13.2 Å². The lowest BCUT2D eigenvalue weighted by molar-refractivity contribution is -0.139. The molecule has 1 aromatic rings. The SMILES string of the molecule is CCCCOC(=O)Oc1ccc(C(C(C)C(C)OC(=O)OC(C)(C)CC)[C@H](N)C(=O)O)cc1OC(=O)OCCCC. The molecule has 0 aliphatic rings. The Labute approximate surface area is 241 Å². The molecule has 3 N–H and O–H groups in total. The third kappa shape index (κ3) is 12.2. The number of carbonyl (C=O) groups excluding carboxylic acids is 3. The van der Waals surface area contributed by atoms with E-state index in [9.17, 15) is 24.3 Å². The van der Waals surface area contributed by atoms with E-state index in [1.165, 1.54) is 18.2 Å². The molecular weight excluding hydrogens is 538 g/mol. The maximum atomic E-state index is 12.4. The summed E-state index contributed by atoms with van der Waals surface area (Å²) in [5.74, 6) is -3.23. The van der Waals surface area contributed by atoms with E-state index in [4.69, 9.17) is 34.2 Å². The maximum Gasteiger partial charge on any atom is 0.513 e. The summed E-state index contributed by atoms with van der Waals surface area (Å²) < 4.78 is 31.5. The number of carboxylic acids is 1. The van der Waals surface area contributed by atoms with E-state index >= 15 is 0 Å². The van der Waals surface area contributed by atoms with Gasteiger partial charge in [0.15, 0.2) is 11.5 Å². The Morgan fingerprint density at radius 2 is 1.41 bits per heavy atom. The van der Waals surface area contributed by atoms with Gasteiger partial charge in [0, 0.05) is 11.8 Å². The molecular formula is C29H45NO11. The molecule has 0 heterocycles. The molecule has 0 radical (unpaired) electrons. The summed E-state index contributed by atoms with van der Waals surface area (Å²) in [6.07, 6.45) is -0.355. The average molecular weight is 584 g/mol. The van der Waals surface area contributed by atoms with Crippen LogP contribution in [-0.4, -0.2) is 60.5 Å². The Morgan fingerprint density at radius 3 is 1.90 bits per heavy atom. The normalized spacial score (nSPS) is 14.1. The van der Waals surface area contributed by atoms with Crippen molar-refractivity contribution in [3.8, 4) is 11.5 Å². The summed E-state index contributed by atoms with van der Waals surface area (Å²) in [6, 6.07) is 2.72. The van der Waals surface area contributed by atoms with Crippen LogP contribution in [-0.2, 0) is 23.7 Å². The number of hydrogen-bond donors (Lipinski definition) is 2. The quantitative estimate of drug-likeness (QED) is 0.0981. The van der Waals surface area contributed by atoms with Gasteiger partial charge in [-0.2, -0.15) is 0 Å². The fraction of sp³-hybridized carbons (Fsp3) is 0.655. The molecule has 1 rings (SSSR count). The third-order valence-corrected chi connectivity index (χ3v) is 6.65. The van der Waals surface area contributed by atoms with E-state index in [0.29, 0.717) is 24.8 Å². The van der Waals surface area contributed by atoms with Crippen LogP contribution in [0.4, 0.5) is 14.4 Å². The zero-order chi connectivity index (χ0) is 31.2. The molecule has 1 aromatic carbocycles. The lowest BCUT2D eigenvalue weighted by Crippen LogP contribution is -2.43. The predicted octanol–water partition coefficient (Wildman–Crippen LogP) is 6.18. The largest absolute Gasteiger partial charge is 0.513 e. The first kappa shape index (κ1) is 35.5. The molecule has 0 saturated carbocycles. The van der Waals surface area contributed by atoms with Crippen LogP contribution in [0.3, 0.4) is 0 Å². The average Bonchev–Trinajstić information content (AvgIpc) is 2.89. The van der Waals surface area contributed by atoms with Gasteiger partial charge in [-0.1, -0.05) is 46.6 Å². The molecule has 3 unspecified atom stereocenters. The highest BCUT2D eigenvalue weighted by atomic mass is 16.7. The number of nitrogens with two attached hydrogens (primary N) is 1. The number of carbonyl (C=O) groups is 4. The molecule has 0 saturated heterocycles. The van der Waals surface area contributed by atoms with Crippen molar-refractivity contribution in [3.05, 3.63) is 23.8 Å². The van der Waals surface area contributed by atoms with Crippen LogP contribution in [0.1, 0.15) is 92.1 Å². The van der Waals surface area contributed by atoms with Crippen LogP contribution in [0.5, 0.6) is 11.5 Å². The number of benzene rings is 1. The van der Waals surface area contributed by atoms with Gasteiger partial charge >= 0.3 is 24.4 Å². The summed E-state index contributed by atoms with van der Waals surface area (Å²) in [5.41, 5.74) is 5.68. The first-order valence-corrected chi connectivity index (χ1v) is 14.0. The predicted molar refractivity (Wildman–Crippen MR) is 149 cm³/mol. The van der Waals surface area contributed by atoms with E-state index in [-0.39, 0.29) is 24.7 Å². The Morgan fingerprint density at radius 1 is 0.878 bits per heavy atom. The van der Waals surface area contributed by atoms with E-state index in [1.807, 2.05) is 20.8 Å². The van der Waals surface area contributed by atoms with Crippen molar-refractivity contribution >= 4 is 24.4 Å². The number of aliphatic carboxylic acids is 1. The zero-order valence-electron chi connectivity index (χ0n) is 25.1. The second-order valence-corrected chi connectivity index (χ2v) is 10.4. The fourth-order valence-electron chi connectivity index (χ4n) is 3.60. The summed E-state index contributed by atoms with van der Waals surface area (Å²) in [4.78, 5) is 48.9. The van der Waals surface area contributed by atoms with E-state index in [2.05, 4.69) is 0 Å². The molecule has 0 spiro atoms. The molecule has 0 aromatic heterocycles. The first-order valence-electron chi connectivity index (χ1n) is 14.0. The van der Waals surface area contributed by atoms with Gasteiger partial charge in [-0.15, -0.1) is 0 Å². The minimum absolute atomic E-state index is 0.119. The smallest absolute Gasteiger partial charge is 0.480 e. The molecule has 0 amide bonds. The number of unbranched alkanes of at least 4 members (excludes halogenated alkanes) is 2. The Hall–Kier alpha value is -3.54. The Bertz CT molecular complexity index is 1010. The zero-order valence-corrected chi connectivity index (χ0v) is 25.1. The number of rotatable bonds is 16. The van der Waals surface area contributed by atoms with Crippen LogP contribution in [0.2, 0.25) is 0 Å². The maximum absolute atomic E-state index is 12.4. The molecule has 4 atom stereocenters. The van der Waals surface area contributed by atoms with E-state index in [1.54, 1.807) is 27.7 Å². The van der Waals surface area contributed by atoms with Crippen LogP contribution in [0.15, 0.2) is 18.2 Å². The van der Waals surface area contributed by atoms with Gasteiger partial charge in [-0.05, 0) is 57.7 Å². The topological polar surface area (TPSA) is 170 Å². The highest BCUT2D eigenvalue weighted by Crippen LogP contribution is 2.37. The Balaban J connectivity index is 3.36. The molecule has 0 aliphatic heterocycles. The molecule has 41 heavy (non-hydrogen) atoms. The van der Waals surface area contributed by atoms with Gasteiger partial charge in [0.1, 0.15) is 17.7 Å². The summed E-state index contributed by atoms with van der Waals surface area (Å²) in [6.45, 7) is 12.7. The van der Waals surface area contributed by atoms with Crippen molar-refractivity contribution in [1.29, 1.82) is 0 Å². The van der Waals surface area contributed by atoms with Gasteiger partial charge in [-0.3, -0.25) is 4.79 Å². The van der Waals surface area contributed by atoms with E-state index < -0.39 is 54.0 Å². The second kappa shape index (κ2) is 17.3. The first-order chi connectivity index (χ1) is 19.3. The molecule has 0 aliphatic carbocycles. The van der Waals surface area contributed by atoms with Crippen molar-refractivity contribution < 1.29 is 52.7 Å². The summed E-state index contributed by atoms with van der Waals surface area (Å²) in [5, 5.41) is 9.77. The van der Waals surface area contributed by atoms with Crippen molar-refractivity contribution in [2.45, 2.75) is 104 Å². The molecule has 12 heteroatoms. The summed E-state index contributed by atoms with van der Waals surface area (Å²) in [7, 11) is 0. The van der Waals surface area contributed by atoms with Gasteiger partial charge in [0.25, 0.3) is 0 Å². The van der Waals surface area contributed by atoms with Gasteiger partial charge < -0.3 is 39.3 Å². The standard InChI is InChI=1S/C29H45NO11/c1-8-11-15-36-26(33)39-21-14-13-20(17-22(21)40-27(34)37-16-12-9-2)23(24(30)25(31)32)18(4)19(5)38-28(35)41-29(6,7)10-3/h13-14,17-19,23-24H,8-12,15-16,30H2,1-7H3,(H,31,32)/t18?,19?,23?,24-/m0/s1. The van der Waals surface area contributed by atoms with Crippen LogP contribution in [0.25, 0.3) is 0 Å². The van der Waals surface area contributed by atoms with Crippen LogP contribution < -0.4 is 15.2 Å². The van der Waals surface area contributed by atoms with Gasteiger partial charge in [-0.25, -0.2) is 14.4 Å². The second-order valence-electron chi connectivity index (χ2n) is 10.4. The minimum Gasteiger partial charge on any atom is -0.480 e. The highest BCUT2D eigenvalue weighted by molar-refractivity contribution is 5.75. The molecule has 0 fully saturated rings. The Kier molecular flexibility index (Phi) is 15.0. The lowest BCUT2D eigenvalue weighted by atomic mass is 9.79. The van der Waals surface area contributed by atoms with Crippen molar-refractivity contribution in [2.75, 3.05) is 13.2 Å². The minimum atomic E-state index is -1.44. The van der Waals surface area contributed by atoms with E-state index in [0.717, 1.165) is 12.8 Å². The van der Waals surface area contributed by atoms with Crippen molar-refractivity contribution in [2.24, 2.45) is 11.7 Å². The molecule has 12 nitrogen and oxygen atoms in total. The number of carboxylic acid groups (broad SMARTS) is 1. The lowest BCUT2D eigenvalue weighted by Gasteiger charge is -2.32. The summed E-state index contributed by atoms with van der Waals surface area (Å²) >= 11 is 0. The number of ether oxygens (including phenoxy) is 6. The van der Waals surface area contributed by atoms with Crippen LogP contribution in [0, 0.1) is 5.92 Å². The van der Waals surface area contributed by atoms with Gasteiger partial charge in [0.2, 0.25) is 0 Å². The number of hydrogen-bond acceptors (Lipinski definition) is 11. The third-order valence-electron chi connectivity index (χ3n) is 6.65. The van der Waals surface area contributed by atoms with Crippen molar-refractivity contribution in [3.63, 3.8) is 0 Å². The molecule has 232 valence electrons.